The number of fused-ring (bicyclic) bond motifs is 1. The van der Waals surface area contributed by atoms with Crippen molar-refractivity contribution in [2.45, 2.75) is 45.1 Å². The van der Waals surface area contributed by atoms with E-state index in [2.05, 4.69) is 17.2 Å². The van der Waals surface area contributed by atoms with E-state index in [9.17, 15) is 23.6 Å². The number of carbonyl (C=O) groups excluding carboxylic acids is 4. The van der Waals surface area contributed by atoms with Crippen LogP contribution in [0.5, 0.6) is 0 Å². The van der Waals surface area contributed by atoms with E-state index >= 15 is 0 Å². The van der Waals surface area contributed by atoms with Gasteiger partial charge in [-0.15, -0.1) is 0 Å². The third kappa shape index (κ3) is 7.43. The summed E-state index contributed by atoms with van der Waals surface area (Å²) in [7, 11) is 1.65. The molecule has 0 unspecified atom stereocenters. The van der Waals surface area contributed by atoms with Gasteiger partial charge in [-0.3, -0.25) is 9.59 Å². The van der Waals surface area contributed by atoms with Crippen LogP contribution in [0.15, 0.2) is 61.2 Å². The van der Waals surface area contributed by atoms with E-state index in [1.807, 2.05) is 31.2 Å². The van der Waals surface area contributed by atoms with E-state index in [-0.39, 0.29) is 56.8 Å². The van der Waals surface area contributed by atoms with Gasteiger partial charge in [0.25, 0.3) is 0 Å². The number of amides is 5. The van der Waals surface area contributed by atoms with Gasteiger partial charge in [0.2, 0.25) is 11.8 Å². The van der Waals surface area contributed by atoms with Crippen LogP contribution >= 0.6 is 0 Å². The SMILES string of the molecule is C=CCOC(=O)NCCC[C@H]1C(=O)N(Cc2ccc(C)cc2)C[C@H]2N1C(=O)CN(C)N2C(=O)NCc1ccc(F)cc1. The molecule has 2 aromatic carbocycles. The van der Waals surface area contributed by atoms with Crippen molar-refractivity contribution in [3.63, 3.8) is 0 Å². The number of hydrogen-bond donors (Lipinski definition) is 2. The molecule has 2 N–H and O–H groups in total. The van der Waals surface area contributed by atoms with Crippen molar-refractivity contribution >= 4 is 23.9 Å². The lowest BCUT2D eigenvalue weighted by Crippen LogP contribution is -2.75. The van der Waals surface area contributed by atoms with Gasteiger partial charge >= 0.3 is 12.1 Å². The number of likely N-dealkylation sites (N-methyl/N-ethyl adjacent to an activating group) is 1. The fourth-order valence-corrected chi connectivity index (χ4v) is 5.17. The quantitative estimate of drug-likeness (QED) is 0.330. The molecule has 0 saturated carbocycles. The predicted molar refractivity (Wildman–Crippen MR) is 153 cm³/mol. The molecule has 0 bridgehead atoms. The monoisotopic (exact) mass is 580 g/mol. The highest BCUT2D eigenvalue weighted by atomic mass is 19.1. The zero-order valence-corrected chi connectivity index (χ0v) is 23.9. The third-order valence-corrected chi connectivity index (χ3v) is 7.25. The number of nitrogens with zero attached hydrogens (tertiary/aromatic N) is 4. The van der Waals surface area contributed by atoms with Crippen molar-refractivity contribution in [1.29, 1.82) is 0 Å². The van der Waals surface area contributed by atoms with Crippen LogP contribution in [0, 0.1) is 12.7 Å². The molecular weight excluding hydrogens is 543 g/mol. The van der Waals surface area contributed by atoms with Gasteiger partial charge < -0.3 is 25.2 Å². The number of benzene rings is 2. The molecular formula is C30H37FN6O5. The summed E-state index contributed by atoms with van der Waals surface area (Å²) in [4.78, 5) is 55.7. The number of alkyl carbamates (subject to hydrolysis) is 1. The van der Waals surface area contributed by atoms with Gasteiger partial charge in [-0.2, -0.15) is 0 Å². The summed E-state index contributed by atoms with van der Waals surface area (Å²) in [5, 5.41) is 8.52. The molecule has 2 atom stereocenters. The number of halogens is 1. The Morgan fingerprint density at radius 2 is 1.76 bits per heavy atom. The maximum Gasteiger partial charge on any atom is 0.407 e. The number of ether oxygens (including phenoxy) is 1. The minimum atomic E-state index is -0.825. The molecule has 2 saturated heterocycles. The first kappa shape index (κ1) is 30.5. The van der Waals surface area contributed by atoms with Crippen molar-refractivity contribution in [3.8, 4) is 0 Å². The molecule has 2 heterocycles. The Hall–Kier alpha value is -4.45. The molecule has 5 amide bonds. The van der Waals surface area contributed by atoms with E-state index in [4.69, 9.17) is 4.74 Å². The van der Waals surface area contributed by atoms with Crippen molar-refractivity contribution in [1.82, 2.24) is 30.5 Å². The Bertz CT molecular complexity index is 1290. The minimum Gasteiger partial charge on any atom is -0.445 e. The Morgan fingerprint density at radius 3 is 2.45 bits per heavy atom. The summed E-state index contributed by atoms with van der Waals surface area (Å²) < 4.78 is 18.3. The van der Waals surface area contributed by atoms with Crippen molar-refractivity contribution in [2.24, 2.45) is 0 Å². The number of carbonyl (C=O) groups is 4. The van der Waals surface area contributed by atoms with Crippen molar-refractivity contribution in [2.75, 3.05) is 33.3 Å². The molecule has 0 spiro atoms. The van der Waals surface area contributed by atoms with Gasteiger partial charge in [-0.05, 0) is 43.0 Å². The minimum absolute atomic E-state index is 0.0808. The zero-order valence-electron chi connectivity index (χ0n) is 23.9. The topological polar surface area (TPSA) is 115 Å². The molecule has 2 fully saturated rings. The summed E-state index contributed by atoms with van der Waals surface area (Å²) >= 11 is 0. The smallest absolute Gasteiger partial charge is 0.407 e. The highest BCUT2D eigenvalue weighted by Gasteiger charge is 2.50. The molecule has 12 heteroatoms. The molecule has 11 nitrogen and oxygen atoms in total. The number of hydrazine groups is 1. The second kappa shape index (κ2) is 13.9. The van der Waals surface area contributed by atoms with Crippen LogP contribution in [0.25, 0.3) is 0 Å². The summed E-state index contributed by atoms with van der Waals surface area (Å²) in [5.74, 6) is -0.854. The van der Waals surface area contributed by atoms with Gasteiger partial charge in [0, 0.05) is 26.7 Å². The van der Waals surface area contributed by atoms with Gasteiger partial charge in [0.1, 0.15) is 24.6 Å². The van der Waals surface area contributed by atoms with E-state index in [1.165, 1.54) is 28.1 Å². The van der Waals surface area contributed by atoms with E-state index in [0.717, 1.165) is 11.1 Å². The second-order valence-electron chi connectivity index (χ2n) is 10.4. The first-order chi connectivity index (χ1) is 20.2. The number of urea groups is 1. The first-order valence-corrected chi connectivity index (χ1v) is 13.9. The third-order valence-electron chi connectivity index (χ3n) is 7.25. The summed E-state index contributed by atoms with van der Waals surface area (Å²) in [6.45, 7) is 6.32. The van der Waals surface area contributed by atoms with Crippen molar-refractivity contribution in [3.05, 3.63) is 83.7 Å². The van der Waals surface area contributed by atoms with Crippen LogP contribution in [0.2, 0.25) is 0 Å². The average Bonchev–Trinajstić information content (AvgIpc) is 2.96. The number of rotatable bonds is 10. The maximum atomic E-state index is 13.8. The Labute approximate surface area is 244 Å². The molecule has 0 aromatic heterocycles. The van der Waals surface area contributed by atoms with Gasteiger partial charge in [0.05, 0.1) is 13.1 Å². The van der Waals surface area contributed by atoms with Crippen LogP contribution in [0.1, 0.15) is 29.5 Å². The van der Waals surface area contributed by atoms with E-state index in [1.54, 1.807) is 29.1 Å². The van der Waals surface area contributed by atoms with Crippen LogP contribution in [0.4, 0.5) is 14.0 Å². The highest BCUT2D eigenvalue weighted by molar-refractivity contribution is 5.91. The van der Waals surface area contributed by atoms with Gasteiger partial charge in [0.15, 0.2) is 0 Å². The van der Waals surface area contributed by atoms with E-state index < -0.39 is 24.3 Å². The van der Waals surface area contributed by atoms with Crippen LogP contribution in [0.3, 0.4) is 0 Å². The zero-order chi connectivity index (χ0) is 30.2. The van der Waals surface area contributed by atoms with Gasteiger partial charge in [-0.1, -0.05) is 54.6 Å². The first-order valence-electron chi connectivity index (χ1n) is 13.9. The molecule has 2 aliphatic heterocycles. The molecule has 4 rings (SSSR count). The highest BCUT2D eigenvalue weighted by Crippen LogP contribution is 2.29. The summed E-state index contributed by atoms with van der Waals surface area (Å²) in [6.07, 6.45) is 0.804. The van der Waals surface area contributed by atoms with Crippen LogP contribution < -0.4 is 10.6 Å². The summed E-state index contributed by atoms with van der Waals surface area (Å²) in [6, 6.07) is 12.4. The number of piperazine rings is 1. The summed E-state index contributed by atoms with van der Waals surface area (Å²) in [5.41, 5.74) is 2.74. The Kier molecular flexibility index (Phi) is 10.1. The Balaban J connectivity index is 1.54. The standard InChI is InChI=1S/C30H37FN6O5/c1-4-16-42-30(41)32-15-5-6-25-28(39)35(18-23-9-7-21(2)8-10-23)19-26-36(25)27(38)20-34(3)37(26)29(40)33-17-22-11-13-24(31)14-12-22/h4,7-14,25-26H,1,5-6,15-20H2,2-3H3,(H,32,41)(H,33,40)/t25-,26-/m0/s1. The maximum absolute atomic E-state index is 13.8. The predicted octanol–water partition coefficient (Wildman–Crippen LogP) is 2.76. The molecule has 224 valence electrons. The second-order valence-corrected chi connectivity index (χ2v) is 10.4. The van der Waals surface area contributed by atoms with E-state index in [0.29, 0.717) is 18.5 Å². The lowest BCUT2D eigenvalue weighted by atomic mass is 10.0. The fourth-order valence-electron chi connectivity index (χ4n) is 5.17. The average molecular weight is 581 g/mol. The number of nitrogens with one attached hydrogen (secondary N) is 2. The molecule has 42 heavy (non-hydrogen) atoms. The number of aryl methyl sites for hydroxylation is 1. The largest absolute Gasteiger partial charge is 0.445 e. The molecule has 2 aliphatic rings. The molecule has 0 aliphatic carbocycles. The Morgan fingerprint density at radius 1 is 1.07 bits per heavy atom. The fraction of sp³-hybridized carbons (Fsp3) is 0.400. The lowest BCUT2D eigenvalue weighted by Gasteiger charge is -2.54. The van der Waals surface area contributed by atoms with Gasteiger partial charge in [-0.25, -0.2) is 24.0 Å². The van der Waals surface area contributed by atoms with Crippen LogP contribution in [-0.4, -0.2) is 89.3 Å². The number of hydrogen-bond acceptors (Lipinski definition) is 6. The molecule has 2 aromatic rings. The normalized spacial score (nSPS) is 18.9. The molecule has 0 radical (unpaired) electrons. The van der Waals surface area contributed by atoms with Crippen LogP contribution in [-0.2, 0) is 27.4 Å². The van der Waals surface area contributed by atoms with Crippen molar-refractivity contribution < 1.29 is 28.3 Å². The lowest BCUT2D eigenvalue weighted by molar-refractivity contribution is -0.188.